The van der Waals surface area contributed by atoms with Crippen LogP contribution in [0.4, 0.5) is 5.82 Å². The van der Waals surface area contributed by atoms with Crippen LogP contribution in [0.2, 0.25) is 0 Å². The zero-order valence-electron chi connectivity index (χ0n) is 15.9. The first-order chi connectivity index (χ1) is 13.3. The van der Waals surface area contributed by atoms with Crippen LogP contribution in [0.1, 0.15) is 22.3 Å². The number of benzene rings is 1. The first kappa shape index (κ1) is 19.3. The number of piperazine rings is 1. The van der Waals surface area contributed by atoms with Crippen LogP contribution in [-0.4, -0.2) is 67.1 Å². The van der Waals surface area contributed by atoms with Crippen LogP contribution in [-0.2, 0) is 11.3 Å². The van der Waals surface area contributed by atoms with Gasteiger partial charge in [0, 0.05) is 59.2 Å². The minimum atomic E-state index is 0.0628. The molecule has 1 aromatic heterocycles. The predicted molar refractivity (Wildman–Crippen MR) is 107 cm³/mol. The van der Waals surface area contributed by atoms with Crippen LogP contribution >= 0.6 is 0 Å². The van der Waals surface area contributed by atoms with Gasteiger partial charge < -0.3 is 15.0 Å². The fraction of sp³-hybridized carbons (Fsp3) is 0.429. The molecule has 0 radical (unpaired) electrons. The van der Waals surface area contributed by atoms with Gasteiger partial charge in [-0.1, -0.05) is 30.3 Å². The van der Waals surface area contributed by atoms with Gasteiger partial charge in [0.15, 0.2) is 0 Å². The zero-order chi connectivity index (χ0) is 18.9. The molecular weight excluding hydrogens is 340 g/mol. The molecule has 3 rings (SSSR count). The molecule has 6 heteroatoms. The minimum Gasteiger partial charge on any atom is -0.385 e. The molecule has 27 heavy (non-hydrogen) atoms. The summed E-state index contributed by atoms with van der Waals surface area (Å²) in [6.45, 7) is 5.76. The van der Waals surface area contributed by atoms with Gasteiger partial charge >= 0.3 is 0 Å². The SMILES string of the molecule is COCCCNc1ccc(C(=O)N2CCN(Cc3ccccc3)CC2)cn1. The molecule has 0 saturated carbocycles. The molecule has 1 saturated heterocycles. The maximum absolute atomic E-state index is 12.7. The summed E-state index contributed by atoms with van der Waals surface area (Å²) in [5.41, 5.74) is 1.96. The van der Waals surface area contributed by atoms with Gasteiger partial charge in [-0.3, -0.25) is 9.69 Å². The molecule has 1 N–H and O–H groups in total. The summed E-state index contributed by atoms with van der Waals surface area (Å²) >= 11 is 0. The number of hydrogen-bond acceptors (Lipinski definition) is 5. The van der Waals surface area contributed by atoms with Gasteiger partial charge in [0.05, 0.1) is 5.56 Å². The second kappa shape index (κ2) is 10.0. The third-order valence-electron chi connectivity index (χ3n) is 4.75. The van der Waals surface area contributed by atoms with Gasteiger partial charge in [-0.15, -0.1) is 0 Å². The van der Waals surface area contributed by atoms with Crippen LogP contribution < -0.4 is 5.32 Å². The summed E-state index contributed by atoms with van der Waals surface area (Å²) in [5.74, 6) is 0.850. The molecular formula is C21H28N4O2. The molecule has 0 atom stereocenters. The highest BCUT2D eigenvalue weighted by atomic mass is 16.5. The molecule has 0 spiro atoms. The van der Waals surface area contributed by atoms with Gasteiger partial charge in [0.2, 0.25) is 0 Å². The summed E-state index contributed by atoms with van der Waals surface area (Å²) in [7, 11) is 1.69. The minimum absolute atomic E-state index is 0.0628. The van der Waals surface area contributed by atoms with Crippen LogP contribution in [0.5, 0.6) is 0 Å². The maximum atomic E-state index is 12.7. The van der Waals surface area contributed by atoms with Crippen molar-refractivity contribution in [2.45, 2.75) is 13.0 Å². The number of aromatic nitrogens is 1. The Balaban J connectivity index is 1.46. The summed E-state index contributed by atoms with van der Waals surface area (Å²) in [5, 5.41) is 3.23. The molecule has 0 bridgehead atoms. The molecule has 2 heterocycles. The highest BCUT2D eigenvalue weighted by Crippen LogP contribution is 2.12. The van der Waals surface area contributed by atoms with Crippen LogP contribution in [0.15, 0.2) is 48.7 Å². The van der Waals surface area contributed by atoms with Crippen molar-refractivity contribution in [3.8, 4) is 0 Å². The average molecular weight is 368 g/mol. The van der Waals surface area contributed by atoms with E-state index < -0.39 is 0 Å². The van der Waals surface area contributed by atoms with Crippen molar-refractivity contribution in [1.29, 1.82) is 0 Å². The Morgan fingerprint density at radius 3 is 2.56 bits per heavy atom. The second-order valence-corrected chi connectivity index (χ2v) is 6.76. The van der Waals surface area contributed by atoms with Crippen molar-refractivity contribution >= 4 is 11.7 Å². The molecule has 2 aromatic rings. The van der Waals surface area contributed by atoms with E-state index in [4.69, 9.17) is 4.74 Å². The molecule has 1 aliphatic rings. The molecule has 144 valence electrons. The lowest BCUT2D eigenvalue weighted by molar-refractivity contribution is 0.0628. The summed E-state index contributed by atoms with van der Waals surface area (Å²) in [6.07, 6.45) is 2.59. The van der Waals surface area contributed by atoms with E-state index in [-0.39, 0.29) is 5.91 Å². The smallest absolute Gasteiger partial charge is 0.255 e. The zero-order valence-corrected chi connectivity index (χ0v) is 15.9. The van der Waals surface area contributed by atoms with Gasteiger partial charge in [0.1, 0.15) is 5.82 Å². The van der Waals surface area contributed by atoms with E-state index in [1.807, 2.05) is 23.1 Å². The Bertz CT molecular complexity index is 698. The van der Waals surface area contributed by atoms with Crippen molar-refractivity contribution in [2.75, 3.05) is 51.8 Å². The third-order valence-corrected chi connectivity index (χ3v) is 4.75. The van der Waals surface area contributed by atoms with E-state index in [9.17, 15) is 4.79 Å². The van der Waals surface area contributed by atoms with Crippen molar-refractivity contribution in [2.24, 2.45) is 0 Å². The first-order valence-corrected chi connectivity index (χ1v) is 9.50. The topological polar surface area (TPSA) is 57.7 Å². The number of anilines is 1. The number of hydrogen-bond donors (Lipinski definition) is 1. The first-order valence-electron chi connectivity index (χ1n) is 9.50. The molecule has 1 amide bonds. The number of carbonyl (C=O) groups is 1. The molecule has 0 unspecified atom stereocenters. The predicted octanol–water partition coefficient (Wildman–Crippen LogP) is 2.49. The maximum Gasteiger partial charge on any atom is 0.255 e. The normalized spacial score (nSPS) is 14.9. The van der Waals surface area contributed by atoms with Gasteiger partial charge in [-0.25, -0.2) is 4.98 Å². The number of amides is 1. The summed E-state index contributed by atoms with van der Waals surface area (Å²) in [6, 6.07) is 14.2. The number of ether oxygens (including phenoxy) is 1. The lowest BCUT2D eigenvalue weighted by Crippen LogP contribution is -2.48. The fourth-order valence-electron chi connectivity index (χ4n) is 3.19. The van der Waals surface area contributed by atoms with E-state index in [1.165, 1.54) is 5.56 Å². The van der Waals surface area contributed by atoms with E-state index in [1.54, 1.807) is 13.3 Å². The monoisotopic (exact) mass is 368 g/mol. The molecule has 1 aliphatic heterocycles. The number of nitrogens with one attached hydrogen (secondary N) is 1. The number of carbonyl (C=O) groups excluding carboxylic acids is 1. The Morgan fingerprint density at radius 1 is 1.11 bits per heavy atom. The number of nitrogens with zero attached hydrogens (tertiary/aromatic N) is 3. The Kier molecular flexibility index (Phi) is 7.19. The molecule has 0 aliphatic carbocycles. The molecule has 1 fully saturated rings. The van der Waals surface area contributed by atoms with Crippen molar-refractivity contribution in [3.05, 3.63) is 59.8 Å². The largest absolute Gasteiger partial charge is 0.385 e. The number of rotatable bonds is 8. The Morgan fingerprint density at radius 2 is 1.89 bits per heavy atom. The highest BCUT2D eigenvalue weighted by Gasteiger charge is 2.22. The average Bonchev–Trinajstić information content (AvgIpc) is 2.72. The summed E-state index contributed by atoms with van der Waals surface area (Å²) < 4.78 is 5.02. The van der Waals surface area contributed by atoms with E-state index in [2.05, 4.69) is 39.5 Å². The van der Waals surface area contributed by atoms with E-state index in [0.717, 1.165) is 58.1 Å². The van der Waals surface area contributed by atoms with Crippen LogP contribution in [0, 0.1) is 0 Å². The lowest BCUT2D eigenvalue weighted by Gasteiger charge is -2.34. The fourth-order valence-corrected chi connectivity index (χ4v) is 3.19. The van der Waals surface area contributed by atoms with Crippen LogP contribution in [0.25, 0.3) is 0 Å². The van der Waals surface area contributed by atoms with Crippen molar-refractivity contribution in [1.82, 2.24) is 14.8 Å². The van der Waals surface area contributed by atoms with Crippen LogP contribution in [0.3, 0.4) is 0 Å². The lowest BCUT2D eigenvalue weighted by atomic mass is 10.2. The van der Waals surface area contributed by atoms with Gasteiger partial charge in [0.25, 0.3) is 5.91 Å². The number of pyridine rings is 1. The quantitative estimate of drug-likeness (QED) is 0.726. The molecule has 1 aromatic carbocycles. The standard InChI is InChI=1S/C21H28N4O2/c1-27-15-5-10-22-20-9-8-19(16-23-20)21(26)25-13-11-24(12-14-25)17-18-6-3-2-4-7-18/h2-4,6-9,16H,5,10-15,17H2,1H3,(H,22,23). The van der Waals surface area contributed by atoms with Crippen molar-refractivity contribution in [3.63, 3.8) is 0 Å². The second-order valence-electron chi connectivity index (χ2n) is 6.76. The summed E-state index contributed by atoms with van der Waals surface area (Å²) in [4.78, 5) is 21.4. The van der Waals surface area contributed by atoms with Gasteiger partial charge in [-0.05, 0) is 24.1 Å². The Labute approximate surface area is 161 Å². The Hall–Kier alpha value is -2.44. The third kappa shape index (κ3) is 5.77. The molecule has 6 nitrogen and oxygen atoms in total. The highest BCUT2D eigenvalue weighted by molar-refractivity contribution is 5.94. The van der Waals surface area contributed by atoms with Crippen molar-refractivity contribution < 1.29 is 9.53 Å². The van der Waals surface area contributed by atoms with E-state index >= 15 is 0 Å². The van der Waals surface area contributed by atoms with Gasteiger partial charge in [-0.2, -0.15) is 0 Å². The van der Waals surface area contributed by atoms with E-state index in [0.29, 0.717) is 5.56 Å². The number of methoxy groups -OCH3 is 1.